The van der Waals surface area contributed by atoms with Gasteiger partial charge in [0.15, 0.2) is 23.0 Å². The van der Waals surface area contributed by atoms with E-state index < -0.39 is 0 Å². The van der Waals surface area contributed by atoms with Crippen molar-refractivity contribution in [2.75, 3.05) is 27.4 Å². The number of nitriles is 1. The van der Waals surface area contributed by atoms with Crippen LogP contribution in [-0.4, -0.2) is 27.4 Å². The van der Waals surface area contributed by atoms with Crippen LogP contribution in [0.4, 0.5) is 0 Å². The predicted molar refractivity (Wildman–Crippen MR) is 102 cm³/mol. The molecule has 0 bridgehead atoms. The lowest BCUT2D eigenvalue weighted by Gasteiger charge is -2.12. The molecule has 26 heavy (non-hydrogen) atoms. The van der Waals surface area contributed by atoms with Crippen LogP contribution < -0.4 is 18.9 Å². The molecule has 0 aliphatic carbocycles. The molecule has 0 amide bonds. The summed E-state index contributed by atoms with van der Waals surface area (Å²) in [6.45, 7) is 4.94. The molecule has 0 atom stereocenters. The minimum absolute atomic E-state index is 0.512. The molecule has 0 heterocycles. The van der Waals surface area contributed by atoms with Crippen LogP contribution in [0.15, 0.2) is 36.4 Å². The zero-order chi connectivity index (χ0) is 18.9. The second-order valence-electron chi connectivity index (χ2n) is 5.31. The van der Waals surface area contributed by atoms with Gasteiger partial charge < -0.3 is 18.9 Å². The lowest BCUT2D eigenvalue weighted by molar-refractivity contribution is 0.287. The SMILES string of the molecule is CCOc1ccc(/C=C(\C#N)c2ccc(OC)c(OC)c2)cc1OCC. The molecule has 5 nitrogen and oxygen atoms in total. The molecule has 0 saturated carbocycles. The highest BCUT2D eigenvalue weighted by Gasteiger charge is 2.10. The van der Waals surface area contributed by atoms with Crippen LogP contribution in [0.2, 0.25) is 0 Å². The van der Waals surface area contributed by atoms with Gasteiger partial charge in [0.25, 0.3) is 0 Å². The molecule has 5 heteroatoms. The van der Waals surface area contributed by atoms with E-state index >= 15 is 0 Å². The molecule has 0 saturated heterocycles. The average Bonchev–Trinajstić information content (AvgIpc) is 2.67. The van der Waals surface area contributed by atoms with Crippen LogP contribution in [0.5, 0.6) is 23.0 Å². The Morgan fingerprint density at radius 3 is 2.15 bits per heavy atom. The Balaban J connectivity index is 2.42. The summed E-state index contributed by atoms with van der Waals surface area (Å²) >= 11 is 0. The Hall–Kier alpha value is -3.13. The summed E-state index contributed by atoms with van der Waals surface area (Å²) in [4.78, 5) is 0. The fraction of sp³-hybridized carbons (Fsp3) is 0.286. The van der Waals surface area contributed by atoms with Crippen molar-refractivity contribution < 1.29 is 18.9 Å². The summed E-state index contributed by atoms with van der Waals surface area (Å²) in [7, 11) is 3.14. The number of benzene rings is 2. The molecule has 0 unspecified atom stereocenters. The van der Waals surface area contributed by atoms with Gasteiger partial charge in [-0.2, -0.15) is 5.26 Å². The van der Waals surface area contributed by atoms with Crippen LogP contribution in [0.3, 0.4) is 0 Å². The van der Waals surface area contributed by atoms with Crippen molar-refractivity contribution in [3.8, 4) is 29.1 Å². The molecule has 2 rings (SSSR count). The van der Waals surface area contributed by atoms with Crippen LogP contribution in [0.1, 0.15) is 25.0 Å². The van der Waals surface area contributed by atoms with Gasteiger partial charge in [-0.25, -0.2) is 0 Å². The van der Waals surface area contributed by atoms with E-state index in [4.69, 9.17) is 18.9 Å². The summed E-state index contributed by atoms with van der Waals surface area (Å²) in [5.41, 5.74) is 2.11. The number of hydrogen-bond donors (Lipinski definition) is 0. The maximum absolute atomic E-state index is 9.60. The minimum atomic E-state index is 0.512. The monoisotopic (exact) mass is 353 g/mol. The smallest absolute Gasteiger partial charge is 0.161 e. The highest BCUT2D eigenvalue weighted by atomic mass is 16.5. The van der Waals surface area contributed by atoms with Crippen LogP contribution in [0.25, 0.3) is 11.6 Å². The summed E-state index contributed by atoms with van der Waals surface area (Å²) < 4.78 is 21.8. The fourth-order valence-corrected chi connectivity index (χ4v) is 2.51. The average molecular weight is 353 g/mol. The van der Waals surface area contributed by atoms with Gasteiger partial charge in [-0.15, -0.1) is 0 Å². The molecule has 2 aromatic carbocycles. The second kappa shape index (κ2) is 9.38. The standard InChI is InChI=1S/C21H23NO4/c1-5-25-19-9-7-15(12-21(19)26-6-2)11-17(14-22)16-8-10-18(23-3)20(13-16)24-4/h7-13H,5-6H2,1-4H3/b17-11+. The number of allylic oxidation sites excluding steroid dienone is 1. The van der Waals surface area contributed by atoms with Gasteiger partial charge in [0, 0.05) is 0 Å². The molecule has 0 N–H and O–H groups in total. The maximum atomic E-state index is 9.60. The van der Waals surface area contributed by atoms with Crippen molar-refractivity contribution in [1.29, 1.82) is 5.26 Å². The summed E-state index contributed by atoms with van der Waals surface area (Å²) in [5, 5.41) is 9.60. The van der Waals surface area contributed by atoms with E-state index in [9.17, 15) is 5.26 Å². The van der Waals surface area contributed by atoms with Crippen molar-refractivity contribution in [3.63, 3.8) is 0 Å². The van der Waals surface area contributed by atoms with E-state index in [1.165, 1.54) is 0 Å². The Morgan fingerprint density at radius 1 is 0.885 bits per heavy atom. The van der Waals surface area contributed by atoms with E-state index in [0.29, 0.717) is 41.8 Å². The first-order chi connectivity index (χ1) is 12.7. The number of nitrogens with zero attached hydrogens (tertiary/aromatic N) is 1. The third-order valence-electron chi connectivity index (χ3n) is 3.69. The van der Waals surface area contributed by atoms with Crippen LogP contribution in [0, 0.1) is 11.3 Å². The zero-order valence-electron chi connectivity index (χ0n) is 15.5. The normalized spacial score (nSPS) is 10.8. The molecule has 0 fully saturated rings. The Morgan fingerprint density at radius 2 is 1.54 bits per heavy atom. The van der Waals surface area contributed by atoms with Crippen LogP contribution >= 0.6 is 0 Å². The summed E-state index contributed by atoms with van der Waals surface area (Å²) in [5.74, 6) is 2.55. The summed E-state index contributed by atoms with van der Waals surface area (Å²) in [6, 6.07) is 13.2. The molecule has 0 aliphatic rings. The highest BCUT2D eigenvalue weighted by molar-refractivity contribution is 5.90. The Labute approximate surface area is 154 Å². The van der Waals surface area contributed by atoms with Gasteiger partial charge >= 0.3 is 0 Å². The van der Waals surface area contributed by atoms with Gasteiger partial charge in [-0.05, 0) is 61.4 Å². The Bertz CT molecular complexity index is 821. The van der Waals surface area contributed by atoms with Crippen molar-refractivity contribution >= 4 is 11.6 Å². The van der Waals surface area contributed by atoms with Gasteiger partial charge in [0.05, 0.1) is 39.1 Å². The molecule has 0 aliphatic heterocycles. The molecule has 0 radical (unpaired) electrons. The molecular weight excluding hydrogens is 330 g/mol. The molecule has 2 aromatic rings. The first-order valence-corrected chi connectivity index (χ1v) is 8.40. The maximum Gasteiger partial charge on any atom is 0.161 e. The Kier molecular flexibility index (Phi) is 6.92. The van der Waals surface area contributed by atoms with Crippen molar-refractivity contribution in [3.05, 3.63) is 47.5 Å². The predicted octanol–water partition coefficient (Wildman–Crippen LogP) is 4.57. The second-order valence-corrected chi connectivity index (χ2v) is 5.31. The third kappa shape index (κ3) is 4.48. The molecule has 136 valence electrons. The number of hydrogen-bond acceptors (Lipinski definition) is 5. The van der Waals surface area contributed by atoms with Crippen molar-refractivity contribution in [1.82, 2.24) is 0 Å². The van der Waals surface area contributed by atoms with Gasteiger partial charge in [-0.1, -0.05) is 6.07 Å². The first-order valence-electron chi connectivity index (χ1n) is 8.40. The number of rotatable bonds is 8. The topological polar surface area (TPSA) is 60.7 Å². The lowest BCUT2D eigenvalue weighted by Crippen LogP contribution is -1.98. The summed E-state index contributed by atoms with van der Waals surface area (Å²) in [6.07, 6.45) is 1.81. The van der Waals surface area contributed by atoms with Gasteiger partial charge in [0.1, 0.15) is 0 Å². The molecule has 0 aromatic heterocycles. The van der Waals surface area contributed by atoms with E-state index in [0.717, 1.165) is 11.1 Å². The molecule has 0 spiro atoms. The van der Waals surface area contributed by atoms with E-state index in [1.54, 1.807) is 32.4 Å². The van der Waals surface area contributed by atoms with E-state index in [1.807, 2.05) is 38.1 Å². The van der Waals surface area contributed by atoms with Crippen LogP contribution in [-0.2, 0) is 0 Å². The third-order valence-corrected chi connectivity index (χ3v) is 3.69. The van der Waals surface area contributed by atoms with E-state index in [2.05, 4.69) is 6.07 Å². The minimum Gasteiger partial charge on any atom is -0.493 e. The number of methoxy groups -OCH3 is 2. The molecular formula is C21H23NO4. The largest absolute Gasteiger partial charge is 0.493 e. The van der Waals surface area contributed by atoms with Gasteiger partial charge in [-0.3, -0.25) is 0 Å². The lowest BCUT2D eigenvalue weighted by atomic mass is 10.0. The quantitative estimate of drug-likeness (QED) is 0.514. The van der Waals surface area contributed by atoms with Gasteiger partial charge in [0.2, 0.25) is 0 Å². The number of ether oxygens (including phenoxy) is 4. The van der Waals surface area contributed by atoms with Crippen molar-refractivity contribution in [2.24, 2.45) is 0 Å². The van der Waals surface area contributed by atoms with E-state index in [-0.39, 0.29) is 0 Å². The zero-order valence-corrected chi connectivity index (χ0v) is 15.5. The highest BCUT2D eigenvalue weighted by Crippen LogP contribution is 2.33. The fourth-order valence-electron chi connectivity index (χ4n) is 2.51. The van der Waals surface area contributed by atoms with Crippen molar-refractivity contribution in [2.45, 2.75) is 13.8 Å². The first kappa shape index (κ1) is 19.2.